The number of nitrogen functional groups attached to an aromatic ring is 1. The summed E-state index contributed by atoms with van der Waals surface area (Å²) in [7, 11) is 0. The molecule has 0 unspecified atom stereocenters. The highest BCUT2D eigenvalue weighted by Gasteiger charge is 2.54. The van der Waals surface area contributed by atoms with Crippen LogP contribution in [0.15, 0.2) is 22.7 Å². The van der Waals surface area contributed by atoms with Crippen molar-refractivity contribution in [3.8, 4) is 0 Å². The zero-order chi connectivity index (χ0) is 28.2. The number of nitrogens with one attached hydrogen (secondary N) is 1. The molecule has 3 heterocycles. The Morgan fingerprint density at radius 3 is 2.49 bits per heavy atom. The summed E-state index contributed by atoms with van der Waals surface area (Å²) in [4.78, 5) is 67.6. The highest BCUT2D eigenvalue weighted by Crippen LogP contribution is 2.41. The fraction of sp³-hybridized carbons (Fsp3) is 0.478. The zero-order valence-electron chi connectivity index (χ0n) is 21.7. The number of amides is 3. The molecule has 1 aromatic rings. The first-order valence-electron chi connectivity index (χ1n) is 11.5. The summed E-state index contributed by atoms with van der Waals surface area (Å²) < 4.78 is 14.9. The molecule has 0 aliphatic carbocycles. The number of carbonyl (C=O) groups is 5. The third kappa shape index (κ3) is 7.42. The van der Waals surface area contributed by atoms with Crippen LogP contribution < -0.4 is 16.8 Å². The number of nitrogens with two attached hydrogens (primary N) is 2. The number of esters is 2. The van der Waals surface area contributed by atoms with Crippen LogP contribution in [0.1, 0.15) is 39.8 Å². The van der Waals surface area contributed by atoms with E-state index in [2.05, 4.69) is 10.3 Å². The molecule has 214 valence electrons. The molecule has 16 heteroatoms. The molecular weight excluding hydrogens is 574 g/mol. The van der Waals surface area contributed by atoms with Crippen LogP contribution in [0.3, 0.4) is 0 Å². The molecule has 0 bridgehead atoms. The topological polar surface area (TPSA) is 193 Å². The minimum Gasteiger partial charge on any atom is -0.445 e. The molecule has 3 amide bonds. The molecule has 13 nitrogen and oxygen atoms in total. The average molecular weight is 604 g/mol. The van der Waals surface area contributed by atoms with Gasteiger partial charge in [-0.15, -0.1) is 35.5 Å². The molecule has 0 saturated carbocycles. The van der Waals surface area contributed by atoms with Crippen molar-refractivity contribution in [3.05, 3.63) is 28.4 Å². The van der Waals surface area contributed by atoms with Crippen LogP contribution in [-0.2, 0) is 33.4 Å². The number of anilines is 1. The average Bonchev–Trinajstić information content (AvgIpc) is 3.28. The molecule has 1 saturated heterocycles. The van der Waals surface area contributed by atoms with Crippen molar-refractivity contribution in [2.75, 3.05) is 24.9 Å². The lowest BCUT2D eigenvalue weighted by Gasteiger charge is -2.49. The number of ether oxygens (including phenoxy) is 3. The Morgan fingerprint density at radius 1 is 1.23 bits per heavy atom. The van der Waals surface area contributed by atoms with Crippen molar-refractivity contribution in [2.24, 2.45) is 11.1 Å². The number of hydrogen-bond acceptors (Lipinski definition) is 12. The first-order valence-corrected chi connectivity index (χ1v) is 13.4. The standard InChI is InChI=1S/C23H29N5O8S2.ClH/c1-5-6-12(13-9-38-21(24)26-13)16(29)27-14-17(30)28-15(11(7-34-22(25)33)8-37-18(14)28)19(31)35-10-36-20(32)23(2,3)4;/h6,9,14,18H,5,7-8,10H2,1-4H3,(H2,24,26)(H2,25,33)(H,27,29);1H/b12-6-;/t14-,18+;/m1./s1. The van der Waals surface area contributed by atoms with Gasteiger partial charge in [-0.2, -0.15) is 0 Å². The molecule has 0 spiro atoms. The van der Waals surface area contributed by atoms with E-state index in [4.69, 9.17) is 25.7 Å². The number of hydrogen-bond donors (Lipinski definition) is 3. The number of primary amides is 1. The summed E-state index contributed by atoms with van der Waals surface area (Å²) in [6, 6.07) is -0.941. The van der Waals surface area contributed by atoms with E-state index in [1.54, 1.807) is 32.2 Å². The number of fused-ring (bicyclic) bond motifs is 1. The molecule has 1 fully saturated rings. The zero-order valence-corrected chi connectivity index (χ0v) is 24.1. The molecule has 0 radical (unpaired) electrons. The summed E-state index contributed by atoms with van der Waals surface area (Å²) in [5.41, 5.74) is 10.7. The van der Waals surface area contributed by atoms with Gasteiger partial charge in [0.15, 0.2) is 5.13 Å². The van der Waals surface area contributed by atoms with Crippen LogP contribution in [0.4, 0.5) is 9.93 Å². The SMILES string of the molecule is CC/C=C(\C(=O)N[C@@H]1C(=O)N2C(C(=O)OCOC(=O)C(C)(C)C)=C(COC(N)=O)CS[C@@H]12)c1csc(N)n1.Cl. The minimum atomic E-state index is -1.06. The van der Waals surface area contributed by atoms with Crippen molar-refractivity contribution in [3.63, 3.8) is 0 Å². The van der Waals surface area contributed by atoms with Gasteiger partial charge in [-0.3, -0.25) is 19.3 Å². The lowest BCUT2D eigenvalue weighted by atomic mass is 9.98. The molecule has 0 aromatic carbocycles. The molecule has 2 atom stereocenters. The highest BCUT2D eigenvalue weighted by molar-refractivity contribution is 8.00. The van der Waals surface area contributed by atoms with Crippen LogP contribution in [0, 0.1) is 5.41 Å². The van der Waals surface area contributed by atoms with Gasteiger partial charge in [0.05, 0.1) is 16.7 Å². The molecule has 3 rings (SSSR count). The number of thiazole rings is 1. The maximum atomic E-state index is 13.1. The van der Waals surface area contributed by atoms with Crippen molar-refractivity contribution in [1.82, 2.24) is 15.2 Å². The molecular formula is C23H30ClN5O8S2. The number of thioether (sulfide) groups is 1. The van der Waals surface area contributed by atoms with E-state index < -0.39 is 53.5 Å². The van der Waals surface area contributed by atoms with Crippen molar-refractivity contribution >= 4 is 76.1 Å². The van der Waals surface area contributed by atoms with Gasteiger partial charge < -0.3 is 31.0 Å². The number of rotatable bonds is 9. The molecule has 2 aliphatic rings. The van der Waals surface area contributed by atoms with Crippen molar-refractivity contribution in [1.29, 1.82) is 0 Å². The van der Waals surface area contributed by atoms with Gasteiger partial charge >= 0.3 is 18.0 Å². The summed E-state index contributed by atoms with van der Waals surface area (Å²) >= 11 is 2.45. The third-order valence-corrected chi connectivity index (χ3v) is 7.37. The summed E-state index contributed by atoms with van der Waals surface area (Å²) in [6.07, 6.45) is 1.17. The molecule has 1 aromatic heterocycles. The number of allylic oxidation sites excluding steroid dienone is 1. The fourth-order valence-electron chi connectivity index (χ4n) is 3.51. The Hall–Kier alpha value is -3.30. The van der Waals surface area contributed by atoms with Gasteiger partial charge in [0.1, 0.15) is 23.7 Å². The number of aromatic nitrogens is 1. The Bertz CT molecular complexity index is 1210. The van der Waals surface area contributed by atoms with E-state index >= 15 is 0 Å². The van der Waals surface area contributed by atoms with Gasteiger partial charge in [0.25, 0.3) is 11.8 Å². The maximum Gasteiger partial charge on any atom is 0.404 e. The lowest BCUT2D eigenvalue weighted by Crippen LogP contribution is -2.70. The van der Waals surface area contributed by atoms with E-state index in [1.807, 2.05) is 6.92 Å². The van der Waals surface area contributed by atoms with Crippen LogP contribution in [-0.4, -0.2) is 70.3 Å². The normalized spacial score (nSPS) is 18.8. The van der Waals surface area contributed by atoms with Gasteiger partial charge in [-0.05, 0) is 27.2 Å². The van der Waals surface area contributed by atoms with Crippen LogP contribution in [0.2, 0.25) is 0 Å². The monoisotopic (exact) mass is 603 g/mol. The van der Waals surface area contributed by atoms with E-state index in [0.29, 0.717) is 17.2 Å². The summed E-state index contributed by atoms with van der Waals surface area (Å²) in [5, 5.41) is 4.03. The first kappa shape index (κ1) is 31.9. The number of β-lactam (4-membered cyclic amide) rings is 1. The Kier molecular flexibility index (Phi) is 10.8. The third-order valence-electron chi connectivity index (χ3n) is 5.36. The molecule has 2 aliphatic heterocycles. The van der Waals surface area contributed by atoms with Crippen LogP contribution in [0.5, 0.6) is 0 Å². The molecule has 5 N–H and O–H groups in total. The van der Waals surface area contributed by atoms with Gasteiger partial charge in [0.2, 0.25) is 6.79 Å². The quantitative estimate of drug-likeness (QED) is 0.161. The van der Waals surface area contributed by atoms with E-state index in [0.717, 1.165) is 4.90 Å². The predicted octanol–water partition coefficient (Wildman–Crippen LogP) is 1.78. The second-order valence-corrected chi connectivity index (χ2v) is 11.2. The number of nitrogens with zero attached hydrogens (tertiary/aromatic N) is 2. The predicted molar refractivity (Wildman–Crippen MR) is 146 cm³/mol. The van der Waals surface area contributed by atoms with Gasteiger partial charge in [-0.25, -0.2) is 14.6 Å². The van der Waals surface area contributed by atoms with E-state index in [9.17, 15) is 24.0 Å². The second kappa shape index (κ2) is 13.2. The van der Waals surface area contributed by atoms with Crippen LogP contribution in [0.25, 0.3) is 5.57 Å². The largest absolute Gasteiger partial charge is 0.445 e. The highest BCUT2D eigenvalue weighted by atomic mass is 35.5. The number of halogens is 1. The molecule has 39 heavy (non-hydrogen) atoms. The Morgan fingerprint density at radius 2 is 1.92 bits per heavy atom. The maximum absolute atomic E-state index is 13.1. The Balaban J connectivity index is 0.00000533. The van der Waals surface area contributed by atoms with E-state index in [1.165, 1.54) is 23.1 Å². The minimum absolute atomic E-state index is 0. The van der Waals surface area contributed by atoms with Gasteiger partial charge in [-0.1, -0.05) is 13.0 Å². The fourth-order valence-corrected chi connectivity index (χ4v) is 5.40. The smallest absolute Gasteiger partial charge is 0.404 e. The summed E-state index contributed by atoms with van der Waals surface area (Å²) in [6.45, 7) is 5.74. The number of carbonyl (C=O) groups excluding carboxylic acids is 5. The van der Waals surface area contributed by atoms with Crippen molar-refractivity contribution < 1.29 is 38.2 Å². The summed E-state index contributed by atoms with van der Waals surface area (Å²) in [5.74, 6) is -2.45. The second-order valence-electron chi connectivity index (χ2n) is 9.25. The lowest BCUT2D eigenvalue weighted by molar-refractivity contribution is -0.173. The first-order chi connectivity index (χ1) is 17.8. The Labute approximate surface area is 239 Å². The van der Waals surface area contributed by atoms with E-state index in [-0.39, 0.29) is 41.6 Å². The van der Waals surface area contributed by atoms with Crippen LogP contribution >= 0.6 is 35.5 Å². The van der Waals surface area contributed by atoms with Crippen molar-refractivity contribution in [2.45, 2.75) is 45.5 Å². The van der Waals surface area contributed by atoms with Gasteiger partial charge in [0, 0.05) is 16.7 Å².